The zero-order chi connectivity index (χ0) is 18.0. The lowest BCUT2D eigenvalue weighted by atomic mass is 9.91. The lowest BCUT2D eigenvalue weighted by molar-refractivity contribution is -0.116. The number of nitrogens with one attached hydrogen (secondary N) is 2. The van der Waals surface area contributed by atoms with Crippen LogP contribution in [0.1, 0.15) is 44.1 Å². The van der Waals surface area contributed by atoms with Crippen LogP contribution in [0.5, 0.6) is 0 Å². The molecule has 3 rings (SSSR count). The first-order valence-electron chi connectivity index (χ1n) is 8.67. The number of aryl methyl sites for hydroxylation is 2. The van der Waals surface area contributed by atoms with Gasteiger partial charge in [0, 0.05) is 40.6 Å². The highest BCUT2D eigenvalue weighted by molar-refractivity contribution is 5.93. The summed E-state index contributed by atoms with van der Waals surface area (Å²) < 4.78 is 0. The Labute approximate surface area is 148 Å². The number of aromatic nitrogens is 2. The molecule has 0 aliphatic heterocycles. The number of hydrogen-bond acceptors (Lipinski definition) is 2. The first kappa shape index (κ1) is 17.2. The predicted molar refractivity (Wildman–Crippen MR) is 103 cm³/mol. The van der Waals surface area contributed by atoms with Crippen LogP contribution in [0.15, 0.2) is 42.6 Å². The Morgan fingerprint density at radius 1 is 1.16 bits per heavy atom. The van der Waals surface area contributed by atoms with Gasteiger partial charge >= 0.3 is 0 Å². The molecule has 0 aliphatic carbocycles. The number of pyridine rings is 1. The standard InChI is InChI=1S/C21H25N3O/c1-14-15(6-9-19(23-14)21(2,3)4)7-10-20(25)24-17-8-5-16-11-12-22-18(16)13-17/h5-6,8-9,11-13,22H,7,10H2,1-4H3,(H,24,25). The van der Waals surface area contributed by atoms with Crippen molar-refractivity contribution in [2.45, 2.75) is 46.0 Å². The normalized spacial score (nSPS) is 11.7. The molecule has 2 heterocycles. The Kier molecular flexibility index (Phi) is 4.62. The fraction of sp³-hybridized carbons (Fsp3) is 0.333. The molecule has 2 aromatic heterocycles. The molecule has 0 spiro atoms. The summed E-state index contributed by atoms with van der Waals surface area (Å²) in [6, 6.07) is 12.1. The average molecular weight is 335 g/mol. The van der Waals surface area contributed by atoms with Gasteiger partial charge in [-0.15, -0.1) is 0 Å². The maximum Gasteiger partial charge on any atom is 0.224 e. The molecule has 0 bridgehead atoms. The Bertz CT molecular complexity index is 903. The molecule has 0 radical (unpaired) electrons. The van der Waals surface area contributed by atoms with Crippen molar-refractivity contribution in [2.75, 3.05) is 5.32 Å². The number of rotatable bonds is 4. The van der Waals surface area contributed by atoms with Gasteiger partial charge in [-0.25, -0.2) is 0 Å². The van der Waals surface area contributed by atoms with Crippen molar-refractivity contribution >= 4 is 22.5 Å². The lowest BCUT2D eigenvalue weighted by Gasteiger charge is -2.19. The second kappa shape index (κ2) is 6.71. The number of benzene rings is 1. The third kappa shape index (κ3) is 4.08. The van der Waals surface area contributed by atoms with E-state index >= 15 is 0 Å². The number of amides is 1. The molecule has 3 aromatic rings. The second-order valence-corrected chi connectivity index (χ2v) is 7.52. The van der Waals surface area contributed by atoms with Gasteiger partial charge in [-0.2, -0.15) is 0 Å². The monoisotopic (exact) mass is 335 g/mol. The van der Waals surface area contributed by atoms with Crippen LogP contribution in [0.3, 0.4) is 0 Å². The van der Waals surface area contributed by atoms with Gasteiger partial charge in [0.1, 0.15) is 0 Å². The van der Waals surface area contributed by atoms with E-state index in [-0.39, 0.29) is 11.3 Å². The molecule has 4 nitrogen and oxygen atoms in total. The molecular formula is C21H25N3O. The number of carbonyl (C=O) groups is 1. The summed E-state index contributed by atoms with van der Waals surface area (Å²) in [5, 5.41) is 4.11. The molecule has 130 valence electrons. The van der Waals surface area contributed by atoms with Crippen LogP contribution in [0, 0.1) is 6.92 Å². The van der Waals surface area contributed by atoms with Crippen molar-refractivity contribution in [3.63, 3.8) is 0 Å². The van der Waals surface area contributed by atoms with Gasteiger partial charge in [-0.3, -0.25) is 9.78 Å². The lowest BCUT2D eigenvalue weighted by Crippen LogP contribution is -2.15. The van der Waals surface area contributed by atoms with Gasteiger partial charge in [0.05, 0.1) is 0 Å². The van der Waals surface area contributed by atoms with E-state index in [2.05, 4.69) is 43.2 Å². The number of aromatic amines is 1. The molecule has 0 saturated carbocycles. The van der Waals surface area contributed by atoms with Gasteiger partial charge < -0.3 is 10.3 Å². The Balaban J connectivity index is 1.62. The maximum atomic E-state index is 12.3. The van der Waals surface area contributed by atoms with Gasteiger partial charge in [-0.1, -0.05) is 32.9 Å². The maximum absolute atomic E-state index is 12.3. The van der Waals surface area contributed by atoms with Crippen LogP contribution in [-0.4, -0.2) is 15.9 Å². The summed E-state index contributed by atoms with van der Waals surface area (Å²) in [4.78, 5) is 20.1. The van der Waals surface area contributed by atoms with Crippen molar-refractivity contribution in [3.8, 4) is 0 Å². The van der Waals surface area contributed by atoms with E-state index in [0.29, 0.717) is 12.8 Å². The number of anilines is 1. The molecular weight excluding hydrogens is 310 g/mol. The van der Waals surface area contributed by atoms with E-state index in [1.165, 1.54) is 0 Å². The zero-order valence-corrected chi connectivity index (χ0v) is 15.3. The van der Waals surface area contributed by atoms with Gasteiger partial charge in [0.15, 0.2) is 0 Å². The van der Waals surface area contributed by atoms with E-state index in [9.17, 15) is 4.79 Å². The summed E-state index contributed by atoms with van der Waals surface area (Å²) in [5.41, 5.74) is 5.10. The Hall–Kier alpha value is -2.62. The third-order valence-electron chi connectivity index (χ3n) is 4.42. The first-order chi connectivity index (χ1) is 11.8. The van der Waals surface area contributed by atoms with Gasteiger partial charge in [0.2, 0.25) is 5.91 Å². The highest BCUT2D eigenvalue weighted by atomic mass is 16.1. The molecule has 0 fully saturated rings. The van der Waals surface area contributed by atoms with E-state index in [4.69, 9.17) is 4.98 Å². The highest BCUT2D eigenvalue weighted by Crippen LogP contribution is 2.22. The topological polar surface area (TPSA) is 57.8 Å². The number of fused-ring (bicyclic) bond motifs is 1. The van der Waals surface area contributed by atoms with Crippen LogP contribution in [-0.2, 0) is 16.6 Å². The van der Waals surface area contributed by atoms with E-state index in [1.807, 2.05) is 37.4 Å². The fourth-order valence-electron chi connectivity index (χ4n) is 2.87. The van der Waals surface area contributed by atoms with Gasteiger partial charge in [0.25, 0.3) is 0 Å². The minimum atomic E-state index is 0.0187. The molecule has 1 amide bonds. The summed E-state index contributed by atoms with van der Waals surface area (Å²) in [6.07, 6.45) is 3.03. The zero-order valence-electron chi connectivity index (χ0n) is 15.3. The number of hydrogen-bond donors (Lipinski definition) is 2. The van der Waals surface area contributed by atoms with Gasteiger partial charge in [-0.05, 0) is 48.6 Å². The highest BCUT2D eigenvalue weighted by Gasteiger charge is 2.16. The predicted octanol–water partition coefficient (Wildman–Crippen LogP) is 4.74. The summed E-state index contributed by atoms with van der Waals surface area (Å²) in [5.74, 6) is 0.0187. The van der Waals surface area contributed by atoms with Crippen molar-refractivity contribution < 1.29 is 4.79 Å². The average Bonchev–Trinajstić information content (AvgIpc) is 3.00. The van der Waals surface area contributed by atoms with Crippen molar-refractivity contribution in [2.24, 2.45) is 0 Å². The number of carbonyl (C=O) groups excluding carboxylic acids is 1. The Morgan fingerprint density at radius 2 is 1.96 bits per heavy atom. The molecule has 4 heteroatoms. The summed E-state index contributed by atoms with van der Waals surface area (Å²) in [7, 11) is 0. The molecule has 0 aliphatic rings. The molecule has 0 saturated heterocycles. The quantitative estimate of drug-likeness (QED) is 0.723. The summed E-state index contributed by atoms with van der Waals surface area (Å²) in [6.45, 7) is 8.48. The molecule has 0 atom stereocenters. The largest absolute Gasteiger partial charge is 0.361 e. The van der Waals surface area contributed by atoms with Crippen LogP contribution in [0.4, 0.5) is 5.69 Å². The smallest absolute Gasteiger partial charge is 0.224 e. The van der Waals surface area contributed by atoms with Crippen LogP contribution in [0.2, 0.25) is 0 Å². The van der Waals surface area contributed by atoms with Crippen molar-refractivity contribution in [3.05, 3.63) is 59.5 Å². The van der Waals surface area contributed by atoms with Crippen LogP contribution < -0.4 is 5.32 Å². The number of H-pyrrole nitrogens is 1. The summed E-state index contributed by atoms with van der Waals surface area (Å²) >= 11 is 0. The fourth-order valence-corrected chi connectivity index (χ4v) is 2.87. The van der Waals surface area contributed by atoms with E-state index < -0.39 is 0 Å². The van der Waals surface area contributed by atoms with Crippen LogP contribution >= 0.6 is 0 Å². The van der Waals surface area contributed by atoms with E-state index in [1.54, 1.807) is 0 Å². The van der Waals surface area contributed by atoms with Crippen molar-refractivity contribution in [1.82, 2.24) is 9.97 Å². The molecule has 2 N–H and O–H groups in total. The van der Waals surface area contributed by atoms with Crippen LogP contribution in [0.25, 0.3) is 10.9 Å². The molecule has 1 aromatic carbocycles. The molecule has 25 heavy (non-hydrogen) atoms. The number of nitrogens with zero attached hydrogens (tertiary/aromatic N) is 1. The van der Waals surface area contributed by atoms with Crippen molar-refractivity contribution in [1.29, 1.82) is 0 Å². The van der Waals surface area contributed by atoms with E-state index in [0.717, 1.165) is 33.5 Å². The first-order valence-corrected chi connectivity index (χ1v) is 8.67. The SMILES string of the molecule is Cc1nc(C(C)(C)C)ccc1CCC(=O)Nc1ccc2cc[nH]c2c1. The third-order valence-corrected chi connectivity index (χ3v) is 4.42. The minimum absolute atomic E-state index is 0.0187. The minimum Gasteiger partial charge on any atom is -0.361 e. The molecule has 0 unspecified atom stereocenters. The Morgan fingerprint density at radius 3 is 2.68 bits per heavy atom. The second-order valence-electron chi connectivity index (χ2n) is 7.52.